The number of rotatable bonds is 5. The first kappa shape index (κ1) is 17.1. The maximum Gasteiger partial charge on any atom is 0.184 e. The molecule has 3 rings (SSSR count). The fourth-order valence-electron chi connectivity index (χ4n) is 2.94. The highest BCUT2D eigenvalue weighted by Gasteiger charge is 2.31. The molecule has 128 valence electrons. The van der Waals surface area contributed by atoms with Crippen LogP contribution in [0.2, 0.25) is 0 Å². The van der Waals surface area contributed by atoms with E-state index in [1.54, 1.807) is 24.3 Å². The minimum atomic E-state index is -3.31. The Morgan fingerprint density at radius 3 is 2.33 bits per heavy atom. The van der Waals surface area contributed by atoms with E-state index in [2.05, 4.69) is 0 Å². The van der Waals surface area contributed by atoms with Gasteiger partial charge in [0.25, 0.3) is 0 Å². The minimum absolute atomic E-state index is 0.0726. The second-order valence-corrected chi connectivity index (χ2v) is 8.18. The molecule has 4 nitrogen and oxygen atoms in total. The predicted molar refractivity (Wildman–Crippen MR) is 92.3 cm³/mol. The molecule has 3 unspecified atom stereocenters. The summed E-state index contributed by atoms with van der Waals surface area (Å²) in [7, 11) is -3.31. The molecule has 1 saturated heterocycles. The van der Waals surface area contributed by atoms with E-state index in [1.165, 1.54) is 0 Å². The monoisotopic (exact) mass is 346 g/mol. The van der Waals surface area contributed by atoms with Gasteiger partial charge < -0.3 is 9.47 Å². The molecule has 24 heavy (non-hydrogen) atoms. The van der Waals surface area contributed by atoms with E-state index in [9.17, 15) is 8.42 Å². The van der Waals surface area contributed by atoms with Crippen molar-refractivity contribution in [3.05, 3.63) is 66.2 Å². The van der Waals surface area contributed by atoms with Crippen molar-refractivity contribution < 1.29 is 17.9 Å². The summed E-state index contributed by atoms with van der Waals surface area (Å²) >= 11 is 0. The average Bonchev–Trinajstić information content (AvgIpc) is 2.63. The summed E-state index contributed by atoms with van der Waals surface area (Å²) < 4.78 is 36.8. The molecule has 3 atom stereocenters. The van der Waals surface area contributed by atoms with Gasteiger partial charge in [-0.3, -0.25) is 0 Å². The second-order valence-electron chi connectivity index (χ2n) is 6.15. The van der Waals surface area contributed by atoms with Crippen LogP contribution in [0.25, 0.3) is 0 Å². The lowest BCUT2D eigenvalue weighted by molar-refractivity contribution is -0.226. The first-order valence-electron chi connectivity index (χ1n) is 8.16. The third kappa shape index (κ3) is 4.04. The van der Waals surface area contributed by atoms with Gasteiger partial charge in [-0.15, -0.1) is 0 Å². The van der Waals surface area contributed by atoms with Crippen molar-refractivity contribution in [2.75, 3.05) is 12.4 Å². The molecule has 1 heterocycles. The van der Waals surface area contributed by atoms with Gasteiger partial charge in [-0.25, -0.2) is 8.42 Å². The molecule has 0 radical (unpaired) electrons. The van der Waals surface area contributed by atoms with Gasteiger partial charge in [-0.1, -0.05) is 55.5 Å². The van der Waals surface area contributed by atoms with Crippen LogP contribution in [0.4, 0.5) is 0 Å². The SMILES string of the molecule is CC(CS(=O)(=O)c1ccccc1)C1CCOC(c2ccccc2)O1. The van der Waals surface area contributed by atoms with Gasteiger partial charge in [0.15, 0.2) is 16.1 Å². The topological polar surface area (TPSA) is 52.6 Å². The van der Waals surface area contributed by atoms with E-state index >= 15 is 0 Å². The van der Waals surface area contributed by atoms with Crippen molar-refractivity contribution in [3.63, 3.8) is 0 Å². The normalized spacial score (nSPS) is 22.9. The van der Waals surface area contributed by atoms with E-state index < -0.39 is 16.1 Å². The van der Waals surface area contributed by atoms with E-state index in [0.717, 1.165) is 5.56 Å². The van der Waals surface area contributed by atoms with Crippen LogP contribution < -0.4 is 0 Å². The number of hydrogen-bond acceptors (Lipinski definition) is 4. The Kier molecular flexibility index (Phi) is 5.33. The average molecular weight is 346 g/mol. The van der Waals surface area contributed by atoms with Crippen molar-refractivity contribution in [1.82, 2.24) is 0 Å². The third-order valence-corrected chi connectivity index (χ3v) is 6.22. The first-order valence-corrected chi connectivity index (χ1v) is 9.81. The first-order chi connectivity index (χ1) is 11.6. The van der Waals surface area contributed by atoms with E-state index in [4.69, 9.17) is 9.47 Å². The predicted octanol–water partition coefficient (Wildman–Crippen LogP) is 3.60. The molecule has 0 saturated carbocycles. The number of ether oxygens (including phenoxy) is 2. The Morgan fingerprint density at radius 1 is 1.04 bits per heavy atom. The van der Waals surface area contributed by atoms with Gasteiger partial charge >= 0.3 is 0 Å². The molecule has 2 aromatic rings. The highest BCUT2D eigenvalue weighted by atomic mass is 32.2. The van der Waals surface area contributed by atoms with Crippen LogP contribution in [0.1, 0.15) is 25.2 Å². The summed E-state index contributed by atoms with van der Waals surface area (Å²) in [6, 6.07) is 18.3. The van der Waals surface area contributed by atoms with Crippen molar-refractivity contribution in [3.8, 4) is 0 Å². The standard InChI is InChI=1S/C19H22O4S/c1-15(14-24(20,21)17-10-6-3-7-11-17)18-12-13-22-19(23-18)16-8-4-2-5-9-16/h2-11,15,18-19H,12-14H2,1H3. The van der Waals surface area contributed by atoms with Gasteiger partial charge in [-0.05, 0) is 24.5 Å². The Balaban J connectivity index is 1.68. The molecule has 0 bridgehead atoms. The highest BCUT2D eigenvalue weighted by molar-refractivity contribution is 7.91. The summed E-state index contributed by atoms with van der Waals surface area (Å²) in [4.78, 5) is 0.364. The Labute approximate surface area is 143 Å². The van der Waals surface area contributed by atoms with Gasteiger partial charge in [0, 0.05) is 5.56 Å². The maximum absolute atomic E-state index is 12.5. The minimum Gasteiger partial charge on any atom is -0.348 e. The lowest BCUT2D eigenvalue weighted by atomic mass is 10.0. The van der Waals surface area contributed by atoms with Crippen LogP contribution in [0.15, 0.2) is 65.6 Å². The quantitative estimate of drug-likeness (QED) is 0.830. The molecule has 0 N–H and O–H groups in total. The smallest absolute Gasteiger partial charge is 0.184 e. The second kappa shape index (κ2) is 7.47. The molecule has 1 aliphatic rings. The van der Waals surface area contributed by atoms with Crippen LogP contribution in [0.5, 0.6) is 0 Å². The molecule has 0 aromatic heterocycles. The van der Waals surface area contributed by atoms with Crippen molar-refractivity contribution >= 4 is 9.84 Å². The third-order valence-electron chi connectivity index (χ3n) is 4.26. The Hall–Kier alpha value is -1.69. The molecule has 1 fully saturated rings. The van der Waals surface area contributed by atoms with E-state index in [-0.39, 0.29) is 17.8 Å². The molecule has 0 amide bonds. The molecular formula is C19H22O4S. The van der Waals surface area contributed by atoms with Gasteiger partial charge in [-0.2, -0.15) is 0 Å². The van der Waals surface area contributed by atoms with Crippen molar-refractivity contribution in [2.45, 2.75) is 30.6 Å². The van der Waals surface area contributed by atoms with Crippen LogP contribution in [-0.2, 0) is 19.3 Å². The highest BCUT2D eigenvalue weighted by Crippen LogP contribution is 2.30. The maximum atomic E-state index is 12.5. The van der Waals surface area contributed by atoms with Crippen LogP contribution >= 0.6 is 0 Å². The molecule has 1 aliphatic heterocycles. The summed E-state index contributed by atoms with van der Waals surface area (Å²) in [5, 5.41) is 0. The van der Waals surface area contributed by atoms with Crippen molar-refractivity contribution in [1.29, 1.82) is 0 Å². The number of benzene rings is 2. The Bertz CT molecular complexity index is 743. The Morgan fingerprint density at radius 2 is 1.67 bits per heavy atom. The lowest BCUT2D eigenvalue weighted by Crippen LogP contribution is -2.35. The van der Waals surface area contributed by atoms with Crippen molar-refractivity contribution in [2.24, 2.45) is 5.92 Å². The summed E-state index contributed by atoms with van der Waals surface area (Å²) in [6.45, 7) is 2.50. The van der Waals surface area contributed by atoms with E-state index in [1.807, 2.05) is 43.3 Å². The van der Waals surface area contributed by atoms with Crippen LogP contribution in [0, 0.1) is 5.92 Å². The van der Waals surface area contributed by atoms with Gasteiger partial charge in [0.05, 0.1) is 23.4 Å². The molecular weight excluding hydrogens is 324 g/mol. The fraction of sp³-hybridized carbons (Fsp3) is 0.368. The summed E-state index contributed by atoms with van der Waals surface area (Å²) in [5.41, 5.74) is 0.959. The van der Waals surface area contributed by atoms with E-state index in [0.29, 0.717) is 17.9 Å². The fourth-order valence-corrected chi connectivity index (χ4v) is 4.61. The summed E-state index contributed by atoms with van der Waals surface area (Å²) in [5.74, 6) is -0.0336. The van der Waals surface area contributed by atoms with Crippen LogP contribution in [0.3, 0.4) is 0 Å². The molecule has 0 aliphatic carbocycles. The largest absolute Gasteiger partial charge is 0.348 e. The zero-order valence-electron chi connectivity index (χ0n) is 13.7. The number of sulfone groups is 1. The van der Waals surface area contributed by atoms with Gasteiger partial charge in [0.2, 0.25) is 0 Å². The zero-order chi connectivity index (χ0) is 17.0. The van der Waals surface area contributed by atoms with Crippen LogP contribution in [-0.4, -0.2) is 26.9 Å². The van der Waals surface area contributed by atoms with Gasteiger partial charge in [0.1, 0.15) is 0 Å². The molecule has 2 aromatic carbocycles. The molecule has 0 spiro atoms. The zero-order valence-corrected chi connectivity index (χ0v) is 14.5. The molecule has 5 heteroatoms. The lowest BCUT2D eigenvalue weighted by Gasteiger charge is -2.33. The number of hydrogen-bond donors (Lipinski definition) is 0. The summed E-state index contributed by atoms with van der Waals surface area (Å²) in [6.07, 6.45) is 0.142.